The Morgan fingerprint density at radius 2 is 2.00 bits per heavy atom. The number of hydrogen-bond donors (Lipinski definition) is 1. The van der Waals surface area contributed by atoms with Crippen molar-refractivity contribution in [3.63, 3.8) is 0 Å². The fourth-order valence-electron chi connectivity index (χ4n) is 0.892. The Morgan fingerprint density at radius 3 is 2.67 bits per heavy atom. The van der Waals surface area contributed by atoms with E-state index < -0.39 is 0 Å². The normalized spacial score (nSPS) is 10.8. The minimum Gasteiger partial charge on any atom is -0.330 e. The van der Waals surface area contributed by atoms with Crippen LogP contribution in [0.5, 0.6) is 0 Å². The molecule has 0 spiro atoms. The molecule has 1 aromatic carbocycles. The van der Waals surface area contributed by atoms with E-state index in [9.17, 15) is 0 Å². The van der Waals surface area contributed by atoms with E-state index in [1.165, 1.54) is 0 Å². The molecule has 0 heterocycles. The van der Waals surface area contributed by atoms with Crippen molar-refractivity contribution in [3.8, 4) is 0 Å². The maximum absolute atomic E-state index is 5.33. The first kappa shape index (κ1) is 8.94. The standard InChI is InChI=1S/C10H14N2/c11-7-4-8-12-9-10-5-2-1-3-6-10/h1-3,5-6,9H,4,7-8,11H2. The summed E-state index contributed by atoms with van der Waals surface area (Å²) in [6.45, 7) is 1.54. The van der Waals surface area contributed by atoms with Crippen molar-refractivity contribution in [1.82, 2.24) is 0 Å². The van der Waals surface area contributed by atoms with Gasteiger partial charge >= 0.3 is 0 Å². The van der Waals surface area contributed by atoms with Crippen LogP contribution in [0.4, 0.5) is 0 Å². The number of benzene rings is 1. The second-order valence-corrected chi connectivity index (χ2v) is 2.59. The minimum absolute atomic E-state index is 0.714. The molecule has 0 bridgehead atoms. The molecule has 0 aliphatic rings. The van der Waals surface area contributed by atoms with Crippen LogP contribution in [-0.2, 0) is 0 Å². The van der Waals surface area contributed by atoms with Crippen molar-refractivity contribution in [2.24, 2.45) is 10.7 Å². The molecular formula is C10H14N2. The highest BCUT2D eigenvalue weighted by atomic mass is 14.7. The number of nitrogens with two attached hydrogens (primary N) is 1. The van der Waals surface area contributed by atoms with Crippen LogP contribution in [-0.4, -0.2) is 19.3 Å². The minimum atomic E-state index is 0.714. The molecule has 0 unspecified atom stereocenters. The third-order valence-corrected chi connectivity index (χ3v) is 1.53. The Morgan fingerprint density at radius 1 is 1.25 bits per heavy atom. The Bertz CT molecular complexity index is 229. The summed E-state index contributed by atoms with van der Waals surface area (Å²) in [6, 6.07) is 10.1. The van der Waals surface area contributed by atoms with Crippen LogP contribution in [0.2, 0.25) is 0 Å². The first-order chi connectivity index (χ1) is 5.93. The summed E-state index contributed by atoms with van der Waals surface area (Å²) in [5, 5.41) is 0. The predicted molar refractivity (Wildman–Crippen MR) is 52.6 cm³/mol. The molecule has 1 rings (SSSR count). The molecule has 2 heteroatoms. The lowest BCUT2D eigenvalue weighted by Gasteiger charge is -1.91. The number of rotatable bonds is 4. The van der Waals surface area contributed by atoms with Crippen LogP contribution >= 0.6 is 0 Å². The molecule has 0 saturated heterocycles. The number of nitrogens with zero attached hydrogens (tertiary/aromatic N) is 1. The van der Waals surface area contributed by atoms with E-state index in [4.69, 9.17) is 5.73 Å². The molecule has 64 valence electrons. The van der Waals surface area contributed by atoms with Crippen LogP contribution in [0, 0.1) is 0 Å². The first-order valence-corrected chi connectivity index (χ1v) is 4.18. The second-order valence-electron chi connectivity index (χ2n) is 2.59. The Balaban J connectivity index is 2.36. The summed E-state index contributed by atoms with van der Waals surface area (Å²) < 4.78 is 0. The van der Waals surface area contributed by atoms with Crippen LogP contribution in [0.1, 0.15) is 12.0 Å². The van der Waals surface area contributed by atoms with Gasteiger partial charge in [-0.15, -0.1) is 0 Å². The molecule has 2 N–H and O–H groups in total. The molecule has 0 atom stereocenters. The van der Waals surface area contributed by atoms with E-state index in [0.29, 0.717) is 6.54 Å². The summed E-state index contributed by atoms with van der Waals surface area (Å²) in [7, 11) is 0. The highest BCUT2D eigenvalue weighted by Gasteiger charge is 1.82. The average Bonchev–Trinajstić information content (AvgIpc) is 2.14. The van der Waals surface area contributed by atoms with Gasteiger partial charge in [-0.1, -0.05) is 30.3 Å². The topological polar surface area (TPSA) is 38.4 Å². The fourth-order valence-corrected chi connectivity index (χ4v) is 0.892. The summed E-state index contributed by atoms with van der Waals surface area (Å²) in [5.41, 5.74) is 6.48. The molecule has 0 radical (unpaired) electrons. The molecule has 2 nitrogen and oxygen atoms in total. The zero-order chi connectivity index (χ0) is 8.65. The zero-order valence-corrected chi connectivity index (χ0v) is 7.11. The van der Waals surface area contributed by atoms with Crippen LogP contribution in [0.25, 0.3) is 0 Å². The van der Waals surface area contributed by atoms with Crippen LogP contribution in [0.15, 0.2) is 35.3 Å². The molecule has 0 aromatic heterocycles. The third-order valence-electron chi connectivity index (χ3n) is 1.53. The van der Waals surface area contributed by atoms with Gasteiger partial charge in [-0.2, -0.15) is 0 Å². The smallest absolute Gasteiger partial charge is 0.0401 e. The van der Waals surface area contributed by atoms with Crippen LogP contribution in [0.3, 0.4) is 0 Å². The van der Waals surface area contributed by atoms with Crippen molar-refractivity contribution >= 4 is 6.21 Å². The molecule has 0 fully saturated rings. The summed E-state index contributed by atoms with van der Waals surface area (Å²) in [4.78, 5) is 4.23. The lowest BCUT2D eigenvalue weighted by atomic mass is 10.2. The molecule has 0 saturated carbocycles. The van der Waals surface area contributed by atoms with Gasteiger partial charge in [0.2, 0.25) is 0 Å². The van der Waals surface area contributed by atoms with Crippen molar-refractivity contribution in [2.45, 2.75) is 6.42 Å². The summed E-state index contributed by atoms with van der Waals surface area (Å²) in [5.74, 6) is 0. The Hall–Kier alpha value is -1.15. The number of aliphatic imine (C=N–C) groups is 1. The van der Waals surface area contributed by atoms with Gasteiger partial charge in [-0.25, -0.2) is 0 Å². The molecule has 1 aromatic rings. The highest BCUT2D eigenvalue weighted by Crippen LogP contribution is 1.93. The van der Waals surface area contributed by atoms with Gasteiger partial charge in [0.1, 0.15) is 0 Å². The SMILES string of the molecule is NCCCN=Cc1ccccc1. The van der Waals surface area contributed by atoms with E-state index >= 15 is 0 Å². The van der Waals surface area contributed by atoms with Crippen molar-refractivity contribution in [2.75, 3.05) is 13.1 Å². The molecular weight excluding hydrogens is 148 g/mol. The molecule has 0 aliphatic carbocycles. The van der Waals surface area contributed by atoms with E-state index in [0.717, 1.165) is 18.5 Å². The van der Waals surface area contributed by atoms with Gasteiger partial charge in [-0.3, -0.25) is 4.99 Å². The van der Waals surface area contributed by atoms with Gasteiger partial charge in [0.05, 0.1) is 0 Å². The maximum Gasteiger partial charge on any atom is 0.0401 e. The predicted octanol–water partition coefficient (Wildman–Crippen LogP) is 1.45. The van der Waals surface area contributed by atoms with E-state index in [1.54, 1.807) is 0 Å². The average molecular weight is 162 g/mol. The van der Waals surface area contributed by atoms with Crippen LogP contribution < -0.4 is 5.73 Å². The highest BCUT2D eigenvalue weighted by molar-refractivity contribution is 5.79. The Kier molecular flexibility index (Phi) is 4.09. The quantitative estimate of drug-likeness (QED) is 0.528. The summed E-state index contributed by atoms with van der Waals surface area (Å²) >= 11 is 0. The molecule has 0 amide bonds. The molecule has 0 aliphatic heterocycles. The monoisotopic (exact) mass is 162 g/mol. The van der Waals surface area contributed by atoms with Crippen molar-refractivity contribution < 1.29 is 0 Å². The third kappa shape index (κ3) is 3.30. The van der Waals surface area contributed by atoms with Gasteiger partial charge < -0.3 is 5.73 Å². The zero-order valence-electron chi connectivity index (χ0n) is 7.11. The Labute approximate surface area is 73.1 Å². The van der Waals surface area contributed by atoms with E-state index in [2.05, 4.69) is 4.99 Å². The van der Waals surface area contributed by atoms with Gasteiger partial charge in [-0.05, 0) is 18.5 Å². The fraction of sp³-hybridized carbons (Fsp3) is 0.300. The van der Waals surface area contributed by atoms with E-state index in [1.807, 2.05) is 36.5 Å². The molecule has 12 heavy (non-hydrogen) atoms. The van der Waals surface area contributed by atoms with Gasteiger partial charge in [0.15, 0.2) is 0 Å². The van der Waals surface area contributed by atoms with Crippen molar-refractivity contribution in [3.05, 3.63) is 35.9 Å². The van der Waals surface area contributed by atoms with Gasteiger partial charge in [0, 0.05) is 12.8 Å². The lowest BCUT2D eigenvalue weighted by molar-refractivity contribution is 0.847. The lowest BCUT2D eigenvalue weighted by Crippen LogP contribution is -1.99. The summed E-state index contributed by atoms with van der Waals surface area (Å²) in [6.07, 6.45) is 2.85. The largest absolute Gasteiger partial charge is 0.330 e. The second kappa shape index (κ2) is 5.49. The van der Waals surface area contributed by atoms with Gasteiger partial charge in [0.25, 0.3) is 0 Å². The van der Waals surface area contributed by atoms with Crippen molar-refractivity contribution in [1.29, 1.82) is 0 Å². The number of hydrogen-bond acceptors (Lipinski definition) is 2. The maximum atomic E-state index is 5.33. The van der Waals surface area contributed by atoms with E-state index in [-0.39, 0.29) is 0 Å². The first-order valence-electron chi connectivity index (χ1n) is 4.18.